The van der Waals surface area contributed by atoms with Crippen LogP contribution in [0.2, 0.25) is 0 Å². The van der Waals surface area contributed by atoms with Crippen molar-refractivity contribution in [3.8, 4) is 0 Å². The molecule has 8 nitrogen and oxygen atoms in total. The van der Waals surface area contributed by atoms with Gasteiger partial charge in [0.25, 0.3) is 5.91 Å². The number of likely N-dealkylation sites (tertiary alicyclic amines) is 1. The third-order valence-corrected chi connectivity index (χ3v) is 8.39. The molecule has 2 aliphatic rings. The van der Waals surface area contributed by atoms with Gasteiger partial charge < -0.3 is 10.2 Å². The Morgan fingerprint density at radius 3 is 2.18 bits per heavy atom. The Morgan fingerprint density at radius 2 is 1.53 bits per heavy atom. The number of carbonyl (C=O) groups excluding carboxylic acids is 2. The number of hydrogen-bond donors (Lipinski definition) is 1. The van der Waals surface area contributed by atoms with E-state index >= 15 is 0 Å². The average Bonchev–Trinajstić information content (AvgIpc) is 3.36. The minimum absolute atomic E-state index is 0.0584. The molecule has 2 heterocycles. The van der Waals surface area contributed by atoms with Crippen molar-refractivity contribution in [2.24, 2.45) is 0 Å². The maximum absolute atomic E-state index is 13.1. The summed E-state index contributed by atoms with van der Waals surface area (Å²) in [7, 11) is -3.74. The van der Waals surface area contributed by atoms with Crippen molar-refractivity contribution in [2.75, 3.05) is 39.3 Å². The Labute approximate surface area is 201 Å². The van der Waals surface area contributed by atoms with Crippen LogP contribution >= 0.6 is 0 Å². The second-order valence-electron chi connectivity index (χ2n) is 8.92. The first-order chi connectivity index (χ1) is 16.3. The molecular weight excluding hydrogens is 452 g/mol. The molecule has 4 rings (SSSR count). The molecule has 0 spiro atoms. The Hall–Kier alpha value is -2.75. The summed E-state index contributed by atoms with van der Waals surface area (Å²) in [6, 6.07) is 14.4. The molecule has 182 valence electrons. The number of rotatable bonds is 7. The molecule has 0 bridgehead atoms. The molecule has 2 aliphatic heterocycles. The number of carbonyl (C=O) groups is 2. The number of benzene rings is 2. The first-order valence-corrected chi connectivity index (χ1v) is 13.2. The molecule has 0 aliphatic carbocycles. The fourth-order valence-corrected chi connectivity index (χ4v) is 5.90. The number of amides is 2. The first-order valence-electron chi connectivity index (χ1n) is 11.8. The van der Waals surface area contributed by atoms with Crippen molar-refractivity contribution in [3.63, 3.8) is 0 Å². The predicted molar refractivity (Wildman–Crippen MR) is 130 cm³/mol. The lowest BCUT2D eigenvalue weighted by Crippen LogP contribution is -2.49. The molecule has 0 unspecified atom stereocenters. The summed E-state index contributed by atoms with van der Waals surface area (Å²) in [5, 5.41) is 2.88. The van der Waals surface area contributed by atoms with Crippen LogP contribution < -0.4 is 5.32 Å². The Balaban J connectivity index is 1.35. The van der Waals surface area contributed by atoms with E-state index in [9.17, 15) is 18.0 Å². The Kier molecular flexibility index (Phi) is 7.65. The maximum Gasteiger partial charge on any atom is 0.251 e. The van der Waals surface area contributed by atoms with Gasteiger partial charge in [-0.1, -0.05) is 30.3 Å². The molecule has 2 fully saturated rings. The van der Waals surface area contributed by atoms with Crippen molar-refractivity contribution in [3.05, 3.63) is 65.2 Å². The summed E-state index contributed by atoms with van der Waals surface area (Å²) < 4.78 is 27.5. The minimum atomic E-state index is -3.74. The van der Waals surface area contributed by atoms with Gasteiger partial charge in [-0.25, -0.2) is 8.42 Å². The molecule has 2 aromatic carbocycles. The lowest BCUT2D eigenvalue weighted by molar-refractivity contribution is -0.129. The third-order valence-electron chi connectivity index (χ3n) is 6.50. The van der Waals surface area contributed by atoms with Gasteiger partial charge in [0.05, 0.1) is 4.90 Å². The first kappa shape index (κ1) is 24.4. The number of nitrogens with zero attached hydrogens (tertiary/aromatic N) is 3. The van der Waals surface area contributed by atoms with E-state index in [4.69, 9.17) is 0 Å². The van der Waals surface area contributed by atoms with Crippen molar-refractivity contribution >= 4 is 21.8 Å². The van der Waals surface area contributed by atoms with Crippen molar-refractivity contribution in [1.29, 1.82) is 0 Å². The fraction of sp³-hybridized carbons (Fsp3) is 0.440. The van der Waals surface area contributed by atoms with Gasteiger partial charge in [-0.3, -0.25) is 14.5 Å². The number of piperazine rings is 1. The summed E-state index contributed by atoms with van der Waals surface area (Å²) in [6.45, 7) is 6.33. The Bertz CT molecular complexity index is 1120. The van der Waals surface area contributed by atoms with E-state index in [0.717, 1.165) is 25.2 Å². The highest BCUT2D eigenvalue weighted by Gasteiger charge is 2.29. The van der Waals surface area contributed by atoms with E-state index in [1.54, 1.807) is 17.0 Å². The monoisotopic (exact) mass is 484 g/mol. The normalized spacial score (nSPS) is 17.6. The standard InChI is InChI=1S/C25H32N4O4S/c1-20(30)28-13-15-29(16-14-28)34(32,33)24-6-4-5-23(17-24)25(31)26-18-21-7-9-22(10-8-21)19-27-11-2-3-12-27/h4-10,17H,2-3,11-16,18-19H2,1H3,(H,26,31). The average molecular weight is 485 g/mol. The highest BCUT2D eigenvalue weighted by molar-refractivity contribution is 7.89. The van der Waals surface area contributed by atoms with Gasteiger partial charge in [-0.05, 0) is 55.3 Å². The van der Waals surface area contributed by atoms with Gasteiger partial charge in [0.15, 0.2) is 0 Å². The zero-order chi connectivity index (χ0) is 24.1. The summed E-state index contributed by atoms with van der Waals surface area (Å²) in [6.07, 6.45) is 2.53. The molecule has 9 heteroatoms. The minimum Gasteiger partial charge on any atom is -0.348 e. The van der Waals surface area contributed by atoms with Crippen molar-refractivity contribution < 1.29 is 18.0 Å². The molecule has 1 N–H and O–H groups in total. The largest absolute Gasteiger partial charge is 0.348 e. The second-order valence-corrected chi connectivity index (χ2v) is 10.9. The molecule has 0 radical (unpaired) electrons. The molecule has 2 saturated heterocycles. The van der Waals surface area contributed by atoms with Crippen LogP contribution in [0.15, 0.2) is 53.4 Å². The third kappa shape index (κ3) is 5.84. The molecule has 34 heavy (non-hydrogen) atoms. The number of nitrogens with one attached hydrogen (secondary N) is 1. The molecule has 0 aromatic heterocycles. The zero-order valence-electron chi connectivity index (χ0n) is 19.6. The van der Waals surface area contributed by atoms with Crippen molar-refractivity contribution in [1.82, 2.24) is 19.4 Å². The highest BCUT2D eigenvalue weighted by atomic mass is 32.2. The molecule has 0 saturated carbocycles. The topological polar surface area (TPSA) is 90.0 Å². The molecule has 2 amide bonds. The van der Waals surface area contributed by atoms with Crippen LogP contribution in [0.25, 0.3) is 0 Å². The Morgan fingerprint density at radius 1 is 0.882 bits per heavy atom. The van der Waals surface area contributed by atoms with E-state index in [0.29, 0.717) is 25.2 Å². The van der Waals surface area contributed by atoms with E-state index in [1.807, 2.05) is 12.1 Å². The van der Waals surface area contributed by atoms with Gasteiger partial charge in [-0.2, -0.15) is 4.31 Å². The summed E-state index contributed by atoms with van der Waals surface area (Å²) in [4.78, 5) is 28.4. The van der Waals surface area contributed by atoms with Crippen LogP contribution in [0.5, 0.6) is 0 Å². The van der Waals surface area contributed by atoms with Gasteiger partial charge in [0.1, 0.15) is 0 Å². The maximum atomic E-state index is 13.1. The smallest absolute Gasteiger partial charge is 0.251 e. The lowest BCUT2D eigenvalue weighted by atomic mass is 10.1. The van der Waals surface area contributed by atoms with Gasteiger partial charge in [-0.15, -0.1) is 0 Å². The highest BCUT2D eigenvalue weighted by Crippen LogP contribution is 2.19. The summed E-state index contributed by atoms with van der Waals surface area (Å²) in [5.74, 6) is -0.378. The van der Waals surface area contributed by atoms with E-state index < -0.39 is 10.0 Å². The van der Waals surface area contributed by atoms with E-state index in [2.05, 4.69) is 22.3 Å². The van der Waals surface area contributed by atoms with Crippen LogP contribution in [-0.2, 0) is 27.9 Å². The lowest BCUT2D eigenvalue weighted by Gasteiger charge is -2.33. The van der Waals surface area contributed by atoms with Crippen LogP contribution in [0, 0.1) is 0 Å². The van der Waals surface area contributed by atoms with Crippen LogP contribution in [0.4, 0.5) is 0 Å². The zero-order valence-corrected chi connectivity index (χ0v) is 20.4. The van der Waals surface area contributed by atoms with Gasteiger partial charge in [0, 0.05) is 51.8 Å². The van der Waals surface area contributed by atoms with E-state index in [-0.39, 0.29) is 29.8 Å². The van der Waals surface area contributed by atoms with Crippen LogP contribution in [-0.4, -0.2) is 73.6 Å². The van der Waals surface area contributed by atoms with Crippen molar-refractivity contribution in [2.45, 2.75) is 37.8 Å². The van der Waals surface area contributed by atoms with Gasteiger partial charge in [0.2, 0.25) is 15.9 Å². The fourth-order valence-electron chi connectivity index (χ4n) is 4.44. The number of sulfonamides is 1. The van der Waals surface area contributed by atoms with Crippen LogP contribution in [0.3, 0.4) is 0 Å². The summed E-state index contributed by atoms with van der Waals surface area (Å²) in [5.41, 5.74) is 2.55. The molecular formula is C25H32N4O4S. The van der Waals surface area contributed by atoms with Crippen LogP contribution in [0.1, 0.15) is 41.3 Å². The SMILES string of the molecule is CC(=O)N1CCN(S(=O)(=O)c2cccc(C(=O)NCc3ccc(CN4CCCC4)cc3)c2)CC1. The molecule has 2 aromatic rings. The van der Waals surface area contributed by atoms with E-state index in [1.165, 1.54) is 41.8 Å². The predicted octanol–water partition coefficient (Wildman–Crippen LogP) is 2.07. The quantitative estimate of drug-likeness (QED) is 0.650. The number of hydrogen-bond acceptors (Lipinski definition) is 5. The second kappa shape index (κ2) is 10.7. The molecule has 0 atom stereocenters. The van der Waals surface area contributed by atoms with Gasteiger partial charge >= 0.3 is 0 Å². The summed E-state index contributed by atoms with van der Waals surface area (Å²) >= 11 is 0.